The van der Waals surface area contributed by atoms with Crippen LogP contribution in [0.15, 0.2) is 72.9 Å². The first-order chi connectivity index (χ1) is 16.2. The standard InChI is InChI=1S/C27H28N4O2/c32-25(29-15-17-30(18-16-29)27(33)23-11-12-23)14-13-24-20-31(19-21-7-3-1-4-8-21)28-26(24)22-9-5-2-6-10-22/h1-10,13-14,20,23H,11-12,15-19H2. The molecular formula is C27H28N4O2. The number of aromatic nitrogens is 2. The van der Waals surface area contributed by atoms with Gasteiger partial charge in [-0.1, -0.05) is 60.7 Å². The minimum Gasteiger partial charge on any atom is -0.339 e. The Hall–Kier alpha value is -3.67. The Morgan fingerprint density at radius 3 is 2.18 bits per heavy atom. The number of nitrogens with zero attached hydrogens (tertiary/aromatic N) is 4. The molecule has 0 bridgehead atoms. The normalized spacial score (nSPS) is 16.4. The molecule has 0 unspecified atom stereocenters. The van der Waals surface area contributed by atoms with Crippen LogP contribution in [-0.4, -0.2) is 57.6 Å². The summed E-state index contributed by atoms with van der Waals surface area (Å²) < 4.78 is 1.92. The number of hydrogen-bond acceptors (Lipinski definition) is 3. The molecule has 0 radical (unpaired) electrons. The topological polar surface area (TPSA) is 58.4 Å². The lowest BCUT2D eigenvalue weighted by molar-refractivity contribution is -0.138. The first kappa shape index (κ1) is 21.2. The third-order valence-electron chi connectivity index (χ3n) is 6.26. The summed E-state index contributed by atoms with van der Waals surface area (Å²) in [5, 5.41) is 4.81. The van der Waals surface area contributed by atoms with Crippen molar-refractivity contribution in [1.82, 2.24) is 19.6 Å². The Kier molecular flexibility index (Phi) is 6.07. The van der Waals surface area contributed by atoms with Crippen LogP contribution in [0.2, 0.25) is 0 Å². The van der Waals surface area contributed by atoms with Gasteiger partial charge in [-0.15, -0.1) is 0 Å². The van der Waals surface area contributed by atoms with E-state index in [9.17, 15) is 9.59 Å². The Bertz CT molecular complexity index is 1140. The van der Waals surface area contributed by atoms with Gasteiger partial charge in [-0.2, -0.15) is 5.10 Å². The van der Waals surface area contributed by atoms with Gasteiger partial charge in [0.25, 0.3) is 0 Å². The molecule has 1 saturated heterocycles. The van der Waals surface area contributed by atoms with Gasteiger partial charge in [0.1, 0.15) is 0 Å². The van der Waals surface area contributed by atoms with E-state index in [4.69, 9.17) is 5.10 Å². The summed E-state index contributed by atoms with van der Waals surface area (Å²) >= 11 is 0. The highest BCUT2D eigenvalue weighted by Crippen LogP contribution is 2.31. The maximum absolute atomic E-state index is 12.8. The number of amides is 2. The molecule has 0 N–H and O–H groups in total. The van der Waals surface area contributed by atoms with Crippen LogP contribution in [0.1, 0.15) is 24.0 Å². The van der Waals surface area contributed by atoms with Gasteiger partial charge in [-0.3, -0.25) is 14.3 Å². The van der Waals surface area contributed by atoms with Crippen molar-refractivity contribution in [3.05, 3.63) is 84.1 Å². The second kappa shape index (κ2) is 9.45. The fourth-order valence-electron chi connectivity index (χ4n) is 4.23. The zero-order valence-corrected chi connectivity index (χ0v) is 18.6. The highest BCUT2D eigenvalue weighted by molar-refractivity contribution is 5.93. The molecule has 1 aliphatic heterocycles. The van der Waals surface area contributed by atoms with Crippen molar-refractivity contribution in [3.8, 4) is 11.3 Å². The molecular weight excluding hydrogens is 412 g/mol. The molecule has 33 heavy (non-hydrogen) atoms. The number of hydrogen-bond donors (Lipinski definition) is 0. The van der Waals surface area contributed by atoms with E-state index in [-0.39, 0.29) is 17.7 Å². The van der Waals surface area contributed by atoms with Crippen LogP contribution in [0.5, 0.6) is 0 Å². The van der Waals surface area contributed by atoms with Crippen molar-refractivity contribution < 1.29 is 9.59 Å². The SMILES string of the molecule is O=C(C=Cc1cn(Cc2ccccc2)nc1-c1ccccc1)N1CCN(C(=O)C2CC2)CC1. The van der Waals surface area contributed by atoms with Crippen molar-refractivity contribution in [2.45, 2.75) is 19.4 Å². The molecule has 6 heteroatoms. The molecule has 2 fully saturated rings. The fraction of sp³-hybridized carbons (Fsp3) is 0.296. The first-order valence-corrected chi connectivity index (χ1v) is 11.6. The van der Waals surface area contributed by atoms with Crippen molar-refractivity contribution >= 4 is 17.9 Å². The number of rotatable bonds is 6. The lowest BCUT2D eigenvalue weighted by atomic mass is 10.1. The van der Waals surface area contributed by atoms with E-state index in [1.165, 1.54) is 5.56 Å². The zero-order valence-electron chi connectivity index (χ0n) is 18.6. The predicted molar refractivity (Wildman–Crippen MR) is 128 cm³/mol. The van der Waals surface area contributed by atoms with Crippen LogP contribution in [-0.2, 0) is 16.1 Å². The van der Waals surface area contributed by atoms with Gasteiger partial charge in [0.2, 0.25) is 11.8 Å². The van der Waals surface area contributed by atoms with E-state index in [0.29, 0.717) is 32.7 Å². The third kappa shape index (κ3) is 5.06. The number of piperazine rings is 1. The number of benzene rings is 2. The summed E-state index contributed by atoms with van der Waals surface area (Å²) in [4.78, 5) is 28.8. The van der Waals surface area contributed by atoms with Gasteiger partial charge in [0.15, 0.2) is 0 Å². The molecule has 2 aromatic carbocycles. The van der Waals surface area contributed by atoms with Crippen LogP contribution >= 0.6 is 0 Å². The van der Waals surface area contributed by atoms with Crippen molar-refractivity contribution in [3.63, 3.8) is 0 Å². The van der Waals surface area contributed by atoms with Crippen LogP contribution in [0, 0.1) is 5.92 Å². The second-order valence-corrected chi connectivity index (χ2v) is 8.74. The molecule has 168 valence electrons. The summed E-state index contributed by atoms with van der Waals surface area (Å²) in [7, 11) is 0. The molecule has 2 heterocycles. The van der Waals surface area contributed by atoms with Gasteiger partial charge in [0.05, 0.1) is 12.2 Å². The third-order valence-corrected chi connectivity index (χ3v) is 6.26. The molecule has 3 aromatic rings. The largest absolute Gasteiger partial charge is 0.339 e. The van der Waals surface area contributed by atoms with Crippen LogP contribution < -0.4 is 0 Å². The molecule has 0 atom stereocenters. The van der Waals surface area contributed by atoms with E-state index in [0.717, 1.165) is 29.7 Å². The van der Waals surface area contributed by atoms with Crippen molar-refractivity contribution in [2.24, 2.45) is 5.92 Å². The molecule has 1 aliphatic carbocycles. The minimum atomic E-state index is -0.0247. The quantitative estimate of drug-likeness (QED) is 0.550. The highest BCUT2D eigenvalue weighted by Gasteiger charge is 2.34. The van der Waals surface area contributed by atoms with E-state index in [2.05, 4.69) is 12.1 Å². The summed E-state index contributed by atoms with van der Waals surface area (Å²) in [5.74, 6) is 0.468. The number of carbonyl (C=O) groups excluding carboxylic acids is 2. The molecule has 1 saturated carbocycles. The summed E-state index contributed by atoms with van der Waals surface area (Å²) in [6, 6.07) is 20.2. The molecule has 2 amide bonds. The zero-order chi connectivity index (χ0) is 22.6. The monoisotopic (exact) mass is 440 g/mol. The van der Waals surface area contributed by atoms with Crippen LogP contribution in [0.25, 0.3) is 17.3 Å². The van der Waals surface area contributed by atoms with E-state index < -0.39 is 0 Å². The summed E-state index contributed by atoms with van der Waals surface area (Å²) in [5.41, 5.74) is 3.96. The predicted octanol–water partition coefficient (Wildman–Crippen LogP) is 3.69. The molecule has 2 aliphatic rings. The summed E-state index contributed by atoms with van der Waals surface area (Å²) in [6.07, 6.45) is 7.52. The molecule has 0 spiro atoms. The van der Waals surface area contributed by atoms with Crippen molar-refractivity contribution in [1.29, 1.82) is 0 Å². The second-order valence-electron chi connectivity index (χ2n) is 8.74. The van der Waals surface area contributed by atoms with Crippen LogP contribution in [0.4, 0.5) is 0 Å². The summed E-state index contributed by atoms with van der Waals surface area (Å²) in [6.45, 7) is 3.08. The van der Waals surface area contributed by atoms with Gasteiger partial charge >= 0.3 is 0 Å². The van der Waals surface area contributed by atoms with E-state index in [1.54, 1.807) is 6.08 Å². The van der Waals surface area contributed by atoms with Gasteiger partial charge in [-0.25, -0.2) is 0 Å². The van der Waals surface area contributed by atoms with Crippen molar-refractivity contribution in [2.75, 3.05) is 26.2 Å². The van der Waals surface area contributed by atoms with E-state index >= 15 is 0 Å². The molecule has 5 rings (SSSR count). The van der Waals surface area contributed by atoms with Gasteiger partial charge in [0, 0.05) is 55.5 Å². The average Bonchev–Trinajstić information content (AvgIpc) is 3.64. The maximum Gasteiger partial charge on any atom is 0.246 e. The Morgan fingerprint density at radius 2 is 1.52 bits per heavy atom. The lowest BCUT2D eigenvalue weighted by Gasteiger charge is -2.34. The Labute approximate surface area is 194 Å². The van der Waals surface area contributed by atoms with E-state index in [1.807, 2.05) is 75.3 Å². The lowest BCUT2D eigenvalue weighted by Crippen LogP contribution is -2.50. The minimum absolute atomic E-state index is 0.0247. The maximum atomic E-state index is 12.8. The first-order valence-electron chi connectivity index (χ1n) is 11.6. The van der Waals surface area contributed by atoms with Gasteiger partial charge < -0.3 is 9.80 Å². The van der Waals surface area contributed by atoms with Gasteiger partial charge in [-0.05, 0) is 24.5 Å². The molecule has 1 aromatic heterocycles. The number of carbonyl (C=O) groups is 2. The average molecular weight is 441 g/mol. The fourth-order valence-corrected chi connectivity index (χ4v) is 4.23. The Balaban J connectivity index is 1.30. The Morgan fingerprint density at radius 1 is 0.879 bits per heavy atom. The highest BCUT2D eigenvalue weighted by atomic mass is 16.2. The molecule has 6 nitrogen and oxygen atoms in total. The van der Waals surface area contributed by atoms with Crippen LogP contribution in [0.3, 0.4) is 0 Å². The smallest absolute Gasteiger partial charge is 0.246 e.